The van der Waals surface area contributed by atoms with E-state index in [-0.39, 0.29) is 34.0 Å². The summed E-state index contributed by atoms with van der Waals surface area (Å²) in [5.41, 5.74) is 2.47. The highest BCUT2D eigenvalue weighted by atomic mass is 79.9. The minimum atomic E-state index is 0. The molecule has 0 saturated carbocycles. The van der Waals surface area contributed by atoms with Crippen LogP contribution in [0.4, 0.5) is 0 Å². The standard InChI is InChI=1S/C10H12N2.2BrH/c1-8(2)12-7-11-9-5-3-4-6-10(9)12;;/h3-8H,1-2H3;2*1H. The van der Waals surface area contributed by atoms with Crippen molar-refractivity contribution in [1.82, 2.24) is 4.98 Å². The summed E-state index contributed by atoms with van der Waals surface area (Å²) in [6.45, 7) is 4.36. The second-order valence-electron chi connectivity index (χ2n) is 3.29. The Labute approximate surface area is 105 Å². The first kappa shape index (κ1) is 13.7. The van der Waals surface area contributed by atoms with E-state index in [1.165, 1.54) is 11.0 Å². The predicted molar refractivity (Wildman–Crippen MR) is 59.2 cm³/mol. The lowest BCUT2D eigenvalue weighted by Crippen LogP contribution is -3.00. The molecule has 1 heterocycles. The molecule has 2 rings (SSSR count). The van der Waals surface area contributed by atoms with E-state index in [0.717, 1.165) is 0 Å². The van der Waals surface area contributed by atoms with Crippen molar-refractivity contribution < 1.29 is 21.5 Å². The van der Waals surface area contributed by atoms with Gasteiger partial charge in [0.25, 0.3) is 0 Å². The third-order valence-electron chi connectivity index (χ3n) is 2.10. The van der Waals surface area contributed by atoms with Gasteiger partial charge >= 0.3 is 0 Å². The van der Waals surface area contributed by atoms with Crippen LogP contribution in [0.25, 0.3) is 11.0 Å². The smallest absolute Gasteiger partial charge is 0.242 e. The van der Waals surface area contributed by atoms with Crippen molar-refractivity contribution in [2.75, 3.05) is 0 Å². The van der Waals surface area contributed by atoms with E-state index in [2.05, 4.69) is 41.6 Å². The number of nitrogens with zero attached hydrogens (tertiary/aromatic N) is 1. The van der Waals surface area contributed by atoms with Gasteiger partial charge in [0.15, 0.2) is 11.0 Å². The lowest BCUT2D eigenvalue weighted by Gasteiger charge is -1.99. The molecule has 2 nitrogen and oxygen atoms in total. The molecule has 0 amide bonds. The van der Waals surface area contributed by atoms with Crippen molar-refractivity contribution in [2.45, 2.75) is 19.9 Å². The molecule has 2 aromatic rings. The minimum Gasteiger partial charge on any atom is -1.00 e. The minimum absolute atomic E-state index is 0. The SMILES string of the molecule is Br.CC(C)[n+]1c[nH]c2ccccc21.[Br-]. The lowest BCUT2D eigenvalue weighted by molar-refractivity contribution is -0.691. The highest BCUT2D eigenvalue weighted by molar-refractivity contribution is 8.93. The maximum atomic E-state index is 3.23. The Balaban J connectivity index is 0.000000845. The van der Waals surface area contributed by atoms with Gasteiger partial charge in [-0.15, -0.1) is 17.0 Å². The number of H-pyrrole nitrogens is 1. The fourth-order valence-corrected chi connectivity index (χ4v) is 1.46. The van der Waals surface area contributed by atoms with Crippen LogP contribution in [0.15, 0.2) is 30.6 Å². The van der Waals surface area contributed by atoms with Crippen LogP contribution in [0.5, 0.6) is 0 Å². The van der Waals surface area contributed by atoms with Crippen LogP contribution in [-0.2, 0) is 0 Å². The van der Waals surface area contributed by atoms with E-state index >= 15 is 0 Å². The molecule has 1 N–H and O–H groups in total. The highest BCUT2D eigenvalue weighted by Crippen LogP contribution is 2.07. The maximum Gasteiger partial charge on any atom is 0.242 e. The average molecular weight is 322 g/mol. The Bertz CT molecular complexity index is 396. The number of aromatic amines is 1. The highest BCUT2D eigenvalue weighted by Gasteiger charge is 2.10. The predicted octanol–water partition coefficient (Wildman–Crippen LogP) is -0.382. The van der Waals surface area contributed by atoms with E-state index in [1.807, 2.05) is 12.4 Å². The van der Waals surface area contributed by atoms with Gasteiger partial charge in [-0.3, -0.25) is 0 Å². The fourth-order valence-electron chi connectivity index (χ4n) is 1.46. The third kappa shape index (κ3) is 2.36. The molecule has 0 saturated heterocycles. The second kappa shape index (κ2) is 5.51. The molecule has 0 spiro atoms. The molecule has 0 unspecified atom stereocenters. The molecule has 78 valence electrons. The molecular formula is C10H14Br2N2. The first-order valence-electron chi connectivity index (χ1n) is 4.26. The number of rotatable bonds is 1. The number of hydrogen-bond donors (Lipinski definition) is 1. The van der Waals surface area contributed by atoms with Crippen LogP contribution in [-0.4, -0.2) is 4.98 Å². The number of para-hydroxylation sites is 2. The summed E-state index contributed by atoms with van der Waals surface area (Å²) in [5.74, 6) is 0. The number of halogens is 2. The van der Waals surface area contributed by atoms with E-state index in [0.29, 0.717) is 6.04 Å². The van der Waals surface area contributed by atoms with E-state index < -0.39 is 0 Å². The summed E-state index contributed by atoms with van der Waals surface area (Å²) in [7, 11) is 0. The Kier molecular flexibility index (Phi) is 5.37. The molecule has 0 aliphatic heterocycles. The Hall–Kier alpha value is -0.350. The number of nitrogens with one attached hydrogen (secondary N) is 1. The quantitative estimate of drug-likeness (QED) is 0.691. The molecule has 0 atom stereocenters. The van der Waals surface area contributed by atoms with Gasteiger partial charge in [0.2, 0.25) is 6.33 Å². The first-order valence-corrected chi connectivity index (χ1v) is 4.26. The zero-order valence-electron chi connectivity index (χ0n) is 8.20. The molecular weight excluding hydrogens is 308 g/mol. The fraction of sp³-hybridized carbons (Fsp3) is 0.300. The monoisotopic (exact) mass is 320 g/mol. The number of fused-ring (bicyclic) bond motifs is 1. The van der Waals surface area contributed by atoms with Crippen LogP contribution >= 0.6 is 17.0 Å². The van der Waals surface area contributed by atoms with Gasteiger partial charge in [0.05, 0.1) is 6.04 Å². The molecule has 4 heteroatoms. The topological polar surface area (TPSA) is 19.7 Å². The number of aromatic nitrogens is 2. The van der Waals surface area contributed by atoms with Crippen molar-refractivity contribution in [1.29, 1.82) is 0 Å². The normalized spacial score (nSPS) is 9.64. The third-order valence-corrected chi connectivity index (χ3v) is 2.10. The second-order valence-corrected chi connectivity index (χ2v) is 3.29. The van der Waals surface area contributed by atoms with Gasteiger partial charge in [0, 0.05) is 0 Å². The molecule has 1 aromatic carbocycles. The van der Waals surface area contributed by atoms with Gasteiger partial charge in [-0.25, -0.2) is 9.55 Å². The van der Waals surface area contributed by atoms with Crippen molar-refractivity contribution in [2.24, 2.45) is 0 Å². The summed E-state index contributed by atoms with van der Waals surface area (Å²) < 4.78 is 2.23. The molecule has 0 aliphatic rings. The van der Waals surface area contributed by atoms with E-state index in [4.69, 9.17) is 0 Å². The largest absolute Gasteiger partial charge is 1.00 e. The summed E-state index contributed by atoms with van der Waals surface area (Å²) >= 11 is 0. The Morgan fingerprint density at radius 1 is 1.21 bits per heavy atom. The number of hydrogen-bond acceptors (Lipinski definition) is 0. The van der Waals surface area contributed by atoms with Crippen LogP contribution in [0, 0.1) is 0 Å². The van der Waals surface area contributed by atoms with Crippen LogP contribution in [0.1, 0.15) is 19.9 Å². The van der Waals surface area contributed by atoms with Gasteiger partial charge in [-0.05, 0) is 26.0 Å². The van der Waals surface area contributed by atoms with Crippen molar-refractivity contribution >= 4 is 28.0 Å². The lowest BCUT2D eigenvalue weighted by atomic mass is 10.3. The average Bonchev–Trinajstić information content (AvgIpc) is 2.47. The Morgan fingerprint density at radius 3 is 2.50 bits per heavy atom. The summed E-state index contributed by atoms with van der Waals surface area (Å²) in [4.78, 5) is 3.23. The van der Waals surface area contributed by atoms with Crippen molar-refractivity contribution in [3.63, 3.8) is 0 Å². The van der Waals surface area contributed by atoms with Gasteiger partial charge in [0.1, 0.15) is 0 Å². The number of imidazole rings is 1. The molecule has 0 fully saturated rings. The van der Waals surface area contributed by atoms with Crippen LogP contribution in [0.3, 0.4) is 0 Å². The van der Waals surface area contributed by atoms with Crippen molar-refractivity contribution in [3.8, 4) is 0 Å². The van der Waals surface area contributed by atoms with Gasteiger partial charge in [-0.2, -0.15) is 0 Å². The molecule has 0 radical (unpaired) electrons. The zero-order valence-corrected chi connectivity index (χ0v) is 11.5. The van der Waals surface area contributed by atoms with E-state index in [9.17, 15) is 0 Å². The molecule has 1 aromatic heterocycles. The molecule has 14 heavy (non-hydrogen) atoms. The van der Waals surface area contributed by atoms with Crippen LogP contribution in [0.2, 0.25) is 0 Å². The zero-order chi connectivity index (χ0) is 8.55. The molecule has 0 aliphatic carbocycles. The Morgan fingerprint density at radius 2 is 1.86 bits per heavy atom. The maximum absolute atomic E-state index is 3.23. The van der Waals surface area contributed by atoms with Crippen molar-refractivity contribution in [3.05, 3.63) is 30.6 Å². The van der Waals surface area contributed by atoms with Gasteiger partial charge < -0.3 is 17.0 Å². The summed E-state index contributed by atoms with van der Waals surface area (Å²) in [6.07, 6.45) is 2.02. The van der Waals surface area contributed by atoms with Gasteiger partial charge in [-0.1, -0.05) is 12.1 Å². The summed E-state index contributed by atoms with van der Waals surface area (Å²) in [5, 5.41) is 0. The number of benzene rings is 1. The molecule has 0 bridgehead atoms. The van der Waals surface area contributed by atoms with E-state index in [1.54, 1.807) is 0 Å². The first-order chi connectivity index (χ1) is 5.79. The summed E-state index contributed by atoms with van der Waals surface area (Å²) in [6, 6.07) is 8.85. The van der Waals surface area contributed by atoms with Crippen LogP contribution < -0.4 is 21.5 Å².